The number of aromatic nitrogens is 1. The number of benzene rings is 1. The zero-order valence-electron chi connectivity index (χ0n) is 15.2. The average molecular weight is 341 g/mol. The van der Waals surface area contributed by atoms with Gasteiger partial charge in [0.2, 0.25) is 5.91 Å². The Morgan fingerprint density at radius 3 is 2.48 bits per heavy atom. The molecule has 0 saturated carbocycles. The number of carbonyl (C=O) groups excluding carboxylic acids is 1. The number of carbonyl (C=O) groups is 1. The lowest BCUT2D eigenvalue weighted by Gasteiger charge is -2.21. The molecule has 0 atom stereocenters. The van der Waals surface area contributed by atoms with Crippen molar-refractivity contribution in [3.63, 3.8) is 0 Å². The molecule has 0 bridgehead atoms. The van der Waals surface area contributed by atoms with Crippen LogP contribution in [0.3, 0.4) is 0 Å². The Labute approximate surface area is 149 Å². The Kier molecular flexibility index (Phi) is 6.67. The van der Waals surface area contributed by atoms with Gasteiger partial charge < -0.3 is 10.4 Å². The van der Waals surface area contributed by atoms with Gasteiger partial charge in [-0.2, -0.15) is 0 Å². The van der Waals surface area contributed by atoms with E-state index in [9.17, 15) is 9.90 Å². The minimum atomic E-state index is -0.0964. The fourth-order valence-corrected chi connectivity index (χ4v) is 2.56. The van der Waals surface area contributed by atoms with Crippen LogP contribution in [0.1, 0.15) is 31.9 Å². The minimum Gasteiger partial charge on any atom is -0.395 e. The van der Waals surface area contributed by atoms with Crippen molar-refractivity contribution in [3.05, 3.63) is 59.9 Å². The van der Waals surface area contributed by atoms with Crippen LogP contribution >= 0.6 is 0 Å². The maximum absolute atomic E-state index is 12.3. The minimum absolute atomic E-state index is 0.00776. The SMILES string of the molecule is CC(C)(C)c1ccc(NC(=O)CN(CCO)Cc2cccnc2)cc1. The smallest absolute Gasteiger partial charge is 0.238 e. The summed E-state index contributed by atoms with van der Waals surface area (Å²) in [6.45, 7) is 7.71. The van der Waals surface area contributed by atoms with E-state index < -0.39 is 0 Å². The fraction of sp³-hybridized carbons (Fsp3) is 0.400. The summed E-state index contributed by atoms with van der Waals surface area (Å²) < 4.78 is 0. The molecule has 0 aliphatic heterocycles. The van der Waals surface area contributed by atoms with Gasteiger partial charge in [0.05, 0.1) is 13.2 Å². The summed E-state index contributed by atoms with van der Waals surface area (Å²) >= 11 is 0. The van der Waals surface area contributed by atoms with E-state index in [4.69, 9.17) is 0 Å². The summed E-state index contributed by atoms with van der Waals surface area (Å²) in [5.41, 5.74) is 3.11. The summed E-state index contributed by atoms with van der Waals surface area (Å²) in [4.78, 5) is 18.3. The second kappa shape index (κ2) is 8.74. The highest BCUT2D eigenvalue weighted by molar-refractivity contribution is 5.92. The lowest BCUT2D eigenvalue weighted by molar-refractivity contribution is -0.117. The molecule has 1 heterocycles. The van der Waals surface area contributed by atoms with Crippen LogP contribution in [0.25, 0.3) is 0 Å². The molecule has 0 unspecified atom stereocenters. The standard InChI is InChI=1S/C20H27N3O2/c1-20(2,3)17-6-8-18(9-7-17)22-19(25)15-23(11-12-24)14-16-5-4-10-21-13-16/h4-10,13,24H,11-12,14-15H2,1-3H3,(H,22,25). The Morgan fingerprint density at radius 2 is 1.92 bits per heavy atom. The first-order chi connectivity index (χ1) is 11.9. The quantitative estimate of drug-likeness (QED) is 0.813. The van der Waals surface area contributed by atoms with Crippen molar-refractivity contribution in [1.29, 1.82) is 0 Å². The summed E-state index contributed by atoms with van der Waals surface area (Å²) in [5.74, 6) is -0.0964. The summed E-state index contributed by atoms with van der Waals surface area (Å²) in [5, 5.41) is 12.2. The third-order valence-corrected chi connectivity index (χ3v) is 3.95. The number of pyridine rings is 1. The number of anilines is 1. The topological polar surface area (TPSA) is 65.5 Å². The first kappa shape index (κ1) is 19.1. The van der Waals surface area contributed by atoms with E-state index in [1.54, 1.807) is 12.4 Å². The number of hydrogen-bond acceptors (Lipinski definition) is 4. The maximum atomic E-state index is 12.3. The lowest BCUT2D eigenvalue weighted by Crippen LogP contribution is -2.34. The Morgan fingerprint density at radius 1 is 1.20 bits per heavy atom. The van der Waals surface area contributed by atoms with Gasteiger partial charge in [-0.3, -0.25) is 14.7 Å². The van der Waals surface area contributed by atoms with Crippen LogP contribution in [0.15, 0.2) is 48.8 Å². The van der Waals surface area contributed by atoms with Crippen molar-refractivity contribution < 1.29 is 9.90 Å². The second-order valence-corrected chi connectivity index (χ2v) is 7.17. The van der Waals surface area contributed by atoms with Crippen molar-refractivity contribution in [1.82, 2.24) is 9.88 Å². The third kappa shape index (κ3) is 6.29. The highest BCUT2D eigenvalue weighted by Gasteiger charge is 2.14. The van der Waals surface area contributed by atoms with Gasteiger partial charge in [-0.25, -0.2) is 0 Å². The van der Waals surface area contributed by atoms with Crippen LogP contribution in [-0.2, 0) is 16.8 Å². The van der Waals surface area contributed by atoms with Crippen LogP contribution in [0.2, 0.25) is 0 Å². The zero-order chi connectivity index (χ0) is 18.3. The number of aliphatic hydroxyl groups excluding tert-OH is 1. The number of amides is 1. The molecule has 0 aliphatic rings. The van der Waals surface area contributed by atoms with Crippen LogP contribution in [0, 0.1) is 0 Å². The molecule has 0 saturated heterocycles. The van der Waals surface area contributed by atoms with Crippen LogP contribution in [0.4, 0.5) is 5.69 Å². The molecule has 5 heteroatoms. The van der Waals surface area contributed by atoms with Gasteiger partial charge in [0, 0.05) is 31.2 Å². The van der Waals surface area contributed by atoms with Crippen LogP contribution < -0.4 is 5.32 Å². The van der Waals surface area contributed by atoms with Crippen LogP contribution in [-0.4, -0.2) is 40.6 Å². The molecule has 0 spiro atoms. The monoisotopic (exact) mass is 341 g/mol. The van der Waals surface area contributed by atoms with Crippen molar-refractivity contribution in [2.45, 2.75) is 32.7 Å². The Balaban J connectivity index is 1.94. The highest BCUT2D eigenvalue weighted by atomic mass is 16.3. The van der Waals surface area contributed by atoms with E-state index in [2.05, 4.69) is 31.1 Å². The summed E-state index contributed by atoms with van der Waals surface area (Å²) in [7, 11) is 0. The van der Waals surface area contributed by atoms with E-state index in [-0.39, 0.29) is 24.5 Å². The van der Waals surface area contributed by atoms with Gasteiger partial charge in [-0.1, -0.05) is 39.0 Å². The molecule has 2 rings (SSSR count). The first-order valence-electron chi connectivity index (χ1n) is 8.51. The van der Waals surface area contributed by atoms with E-state index in [1.807, 2.05) is 41.3 Å². The molecule has 25 heavy (non-hydrogen) atoms. The number of aliphatic hydroxyl groups is 1. The molecule has 5 nitrogen and oxygen atoms in total. The van der Waals surface area contributed by atoms with Crippen molar-refractivity contribution in [2.75, 3.05) is 25.0 Å². The molecule has 0 radical (unpaired) electrons. The number of nitrogens with one attached hydrogen (secondary N) is 1. The molecule has 1 aromatic carbocycles. The third-order valence-electron chi connectivity index (χ3n) is 3.95. The molecule has 1 amide bonds. The van der Waals surface area contributed by atoms with Gasteiger partial charge in [-0.15, -0.1) is 0 Å². The molecular weight excluding hydrogens is 314 g/mol. The van der Waals surface area contributed by atoms with Gasteiger partial charge in [0.15, 0.2) is 0 Å². The van der Waals surface area contributed by atoms with Crippen molar-refractivity contribution in [2.24, 2.45) is 0 Å². The van der Waals surface area contributed by atoms with Crippen molar-refractivity contribution in [3.8, 4) is 0 Å². The maximum Gasteiger partial charge on any atom is 0.238 e. The molecule has 0 fully saturated rings. The van der Waals surface area contributed by atoms with Gasteiger partial charge in [0.25, 0.3) is 0 Å². The molecule has 1 aromatic heterocycles. The molecule has 2 aromatic rings. The van der Waals surface area contributed by atoms with E-state index >= 15 is 0 Å². The second-order valence-electron chi connectivity index (χ2n) is 7.17. The predicted molar refractivity (Wildman–Crippen MR) is 100 cm³/mol. The molecular formula is C20H27N3O2. The van der Waals surface area contributed by atoms with Crippen LogP contribution in [0.5, 0.6) is 0 Å². The summed E-state index contributed by atoms with van der Waals surface area (Å²) in [6, 6.07) is 11.8. The average Bonchev–Trinajstić information content (AvgIpc) is 2.55. The van der Waals surface area contributed by atoms with E-state index in [0.29, 0.717) is 13.1 Å². The molecule has 0 aliphatic carbocycles. The summed E-state index contributed by atoms with van der Waals surface area (Å²) in [6.07, 6.45) is 3.49. The number of rotatable bonds is 7. The normalized spacial score (nSPS) is 11.6. The molecule has 2 N–H and O–H groups in total. The van der Waals surface area contributed by atoms with E-state index in [1.165, 1.54) is 5.56 Å². The number of nitrogens with zero attached hydrogens (tertiary/aromatic N) is 2. The predicted octanol–water partition coefficient (Wildman–Crippen LogP) is 2.81. The Bertz CT molecular complexity index is 664. The Hall–Kier alpha value is -2.24. The number of hydrogen-bond donors (Lipinski definition) is 2. The van der Waals surface area contributed by atoms with Crippen molar-refractivity contribution >= 4 is 11.6 Å². The largest absolute Gasteiger partial charge is 0.395 e. The molecule has 134 valence electrons. The van der Waals surface area contributed by atoms with Gasteiger partial charge >= 0.3 is 0 Å². The fourth-order valence-electron chi connectivity index (χ4n) is 2.56. The lowest BCUT2D eigenvalue weighted by atomic mass is 9.87. The zero-order valence-corrected chi connectivity index (χ0v) is 15.2. The van der Waals surface area contributed by atoms with Gasteiger partial charge in [0.1, 0.15) is 0 Å². The highest BCUT2D eigenvalue weighted by Crippen LogP contribution is 2.23. The first-order valence-corrected chi connectivity index (χ1v) is 8.51. The van der Waals surface area contributed by atoms with E-state index in [0.717, 1.165) is 11.3 Å². The van der Waals surface area contributed by atoms with Gasteiger partial charge in [-0.05, 0) is 34.7 Å².